The Morgan fingerprint density at radius 1 is 0.441 bits per heavy atom. The summed E-state index contributed by atoms with van der Waals surface area (Å²) in [7, 11) is -3.41. The molecule has 0 aliphatic carbocycles. The fourth-order valence-electron chi connectivity index (χ4n) is 2.00. The first-order valence-corrected chi connectivity index (χ1v) is 12.2. The largest absolute Gasteiger partial charge is 0.460 e. The molecule has 0 aromatic heterocycles. The predicted octanol–water partition coefficient (Wildman–Crippen LogP) is 8.47. The molecule has 206 valence electrons. The van der Waals surface area contributed by atoms with E-state index in [-0.39, 0.29) is 0 Å². The van der Waals surface area contributed by atoms with Gasteiger partial charge in [0.05, 0.1) is 0 Å². The highest BCUT2D eigenvalue weighted by Crippen LogP contribution is 2.65. The predicted molar refractivity (Wildman–Crippen MR) is 78.4 cm³/mol. The highest BCUT2D eigenvalue weighted by molar-refractivity contribution is 7.19. The summed E-state index contributed by atoms with van der Waals surface area (Å²) in [4.78, 5) is 0. The standard InChI is InChI=1S/C13H10ClF19Si/c1-34(2,14)4-3-5(15,16)6(17,18)7(19,20)8(21,22)9(23,24)10(25,26)11(27,28)12(29,30)13(31,32)33/h3-4H2,1-2H3. The Kier molecular flexibility index (Phi) is 8.15. The molecular weight excluding hydrogens is 581 g/mol. The van der Waals surface area contributed by atoms with Crippen molar-refractivity contribution >= 4 is 18.5 Å². The average molecular weight is 591 g/mol. The molecule has 0 atom stereocenters. The molecule has 0 radical (unpaired) electrons. The van der Waals surface area contributed by atoms with Gasteiger partial charge in [0.1, 0.15) is 0 Å². The van der Waals surface area contributed by atoms with E-state index in [4.69, 9.17) is 11.1 Å². The Bertz CT molecular complexity index is 731. The van der Waals surface area contributed by atoms with E-state index in [0.29, 0.717) is 0 Å². The van der Waals surface area contributed by atoms with Crippen LogP contribution in [0.15, 0.2) is 0 Å². The van der Waals surface area contributed by atoms with Gasteiger partial charge in [0.2, 0.25) is 0 Å². The molecule has 0 amide bonds. The average Bonchev–Trinajstić information content (AvgIpc) is 2.57. The molecule has 0 nitrogen and oxygen atoms in total. The third-order valence-corrected chi connectivity index (χ3v) is 6.22. The van der Waals surface area contributed by atoms with Crippen LogP contribution in [0.25, 0.3) is 0 Å². The lowest BCUT2D eigenvalue weighted by Crippen LogP contribution is -2.75. The van der Waals surface area contributed by atoms with Crippen molar-refractivity contribution in [3.8, 4) is 0 Å². The highest BCUT2D eigenvalue weighted by Gasteiger charge is 2.96. The topological polar surface area (TPSA) is 0 Å². The van der Waals surface area contributed by atoms with E-state index in [9.17, 15) is 83.4 Å². The number of hydrogen-bond acceptors (Lipinski definition) is 0. The Morgan fingerprint density at radius 3 is 0.912 bits per heavy atom. The molecule has 0 saturated heterocycles. The van der Waals surface area contributed by atoms with E-state index >= 15 is 0 Å². The summed E-state index contributed by atoms with van der Waals surface area (Å²) in [5, 5.41) is 0. The second kappa shape index (κ2) is 8.36. The molecule has 0 rings (SSSR count). The monoisotopic (exact) mass is 590 g/mol. The van der Waals surface area contributed by atoms with Crippen molar-refractivity contribution in [1.82, 2.24) is 0 Å². The van der Waals surface area contributed by atoms with Crippen molar-refractivity contribution in [2.75, 3.05) is 0 Å². The molecule has 21 heteroatoms. The molecule has 0 fully saturated rings. The van der Waals surface area contributed by atoms with Crippen LogP contribution >= 0.6 is 11.1 Å². The summed E-state index contributed by atoms with van der Waals surface area (Å²) in [5.41, 5.74) is 0. The summed E-state index contributed by atoms with van der Waals surface area (Å²) in [6.07, 6.45) is -10.4. The van der Waals surface area contributed by atoms with Crippen molar-refractivity contribution in [3.05, 3.63) is 0 Å². The lowest BCUT2D eigenvalue weighted by Gasteiger charge is -2.44. The molecule has 0 spiro atoms. The molecular formula is C13H10ClF19Si. The molecule has 0 heterocycles. The van der Waals surface area contributed by atoms with Crippen LogP contribution in [0.1, 0.15) is 6.42 Å². The van der Waals surface area contributed by atoms with E-state index < -0.39 is 73.4 Å². The number of hydrogen-bond donors (Lipinski definition) is 0. The minimum atomic E-state index is -8.89. The van der Waals surface area contributed by atoms with Gasteiger partial charge in [-0.15, -0.1) is 0 Å². The fraction of sp³-hybridized carbons (Fsp3) is 1.00. The quantitative estimate of drug-likeness (QED) is 0.136. The molecule has 0 unspecified atom stereocenters. The second-order valence-corrected chi connectivity index (χ2v) is 14.4. The third-order valence-electron chi connectivity index (χ3n) is 4.21. The first-order valence-electron chi connectivity index (χ1n) is 7.99. The van der Waals surface area contributed by atoms with Crippen molar-refractivity contribution in [3.63, 3.8) is 0 Å². The number of halogens is 20. The molecule has 0 aliphatic rings. The van der Waals surface area contributed by atoms with E-state index in [2.05, 4.69) is 0 Å². The Morgan fingerprint density at radius 2 is 0.676 bits per heavy atom. The van der Waals surface area contributed by atoms with Crippen molar-refractivity contribution in [1.29, 1.82) is 0 Å². The van der Waals surface area contributed by atoms with Crippen molar-refractivity contribution < 1.29 is 83.4 Å². The lowest BCUT2D eigenvalue weighted by molar-refractivity contribution is -0.468. The van der Waals surface area contributed by atoms with Gasteiger partial charge in [-0.1, -0.05) is 13.1 Å². The second-order valence-electron chi connectivity index (χ2n) is 7.44. The minimum Gasteiger partial charge on any atom is -0.200 e. The smallest absolute Gasteiger partial charge is 0.200 e. The Hall–Kier alpha value is -0.823. The molecule has 0 aliphatic heterocycles. The zero-order valence-electron chi connectivity index (χ0n) is 16.0. The van der Waals surface area contributed by atoms with Crippen LogP contribution < -0.4 is 0 Å². The first kappa shape index (κ1) is 33.2. The Labute approximate surface area is 182 Å². The van der Waals surface area contributed by atoms with Crippen LogP contribution in [0.3, 0.4) is 0 Å². The van der Waals surface area contributed by atoms with E-state index in [1.54, 1.807) is 0 Å². The van der Waals surface area contributed by atoms with Gasteiger partial charge in [-0.25, -0.2) is 0 Å². The van der Waals surface area contributed by atoms with Crippen LogP contribution in [0.2, 0.25) is 19.1 Å². The van der Waals surface area contributed by atoms with Gasteiger partial charge < -0.3 is 0 Å². The summed E-state index contributed by atoms with van der Waals surface area (Å²) in [6.45, 7) is 1.82. The summed E-state index contributed by atoms with van der Waals surface area (Å²) < 4.78 is 249. The van der Waals surface area contributed by atoms with Crippen LogP contribution in [0.4, 0.5) is 83.4 Å². The van der Waals surface area contributed by atoms with Crippen LogP contribution in [-0.2, 0) is 0 Å². The maximum Gasteiger partial charge on any atom is 0.460 e. The summed E-state index contributed by atoms with van der Waals surface area (Å²) in [5.74, 6) is -66.1. The summed E-state index contributed by atoms with van der Waals surface area (Å²) in [6, 6.07) is -1.32. The molecule has 0 aromatic rings. The van der Waals surface area contributed by atoms with Crippen LogP contribution in [0.5, 0.6) is 0 Å². The van der Waals surface area contributed by atoms with Gasteiger partial charge in [-0.2, -0.15) is 94.5 Å². The van der Waals surface area contributed by atoms with Crippen molar-refractivity contribution in [2.45, 2.75) is 79.1 Å². The van der Waals surface area contributed by atoms with Gasteiger partial charge in [0.15, 0.2) is 7.38 Å². The first-order chi connectivity index (χ1) is 14.2. The number of rotatable bonds is 10. The maximum absolute atomic E-state index is 13.6. The van der Waals surface area contributed by atoms with Crippen molar-refractivity contribution in [2.24, 2.45) is 0 Å². The minimum absolute atomic E-state index is 0.910. The normalized spacial score (nSPS) is 16.8. The molecule has 0 bridgehead atoms. The SMILES string of the molecule is C[Si](C)(Cl)CCC(F)(F)C(F)(F)C(F)(F)C(F)(F)C(F)(F)C(F)(F)C(F)(F)C(F)(F)C(F)(F)F. The molecule has 0 saturated carbocycles. The fourth-order valence-corrected chi connectivity index (χ4v) is 3.20. The van der Waals surface area contributed by atoms with Gasteiger partial charge >= 0.3 is 53.6 Å². The van der Waals surface area contributed by atoms with Crippen LogP contribution in [-0.4, -0.2) is 60.9 Å². The van der Waals surface area contributed by atoms with Gasteiger partial charge in [-0.05, 0) is 6.04 Å². The maximum atomic E-state index is 13.6. The Balaban J connectivity index is 6.77. The molecule has 0 aromatic carbocycles. The van der Waals surface area contributed by atoms with Crippen LogP contribution in [0, 0.1) is 0 Å². The lowest BCUT2D eigenvalue weighted by atomic mass is 9.87. The van der Waals surface area contributed by atoms with Gasteiger partial charge in [0, 0.05) is 6.42 Å². The zero-order valence-corrected chi connectivity index (χ0v) is 17.7. The van der Waals surface area contributed by atoms with E-state index in [1.165, 1.54) is 0 Å². The summed E-state index contributed by atoms with van der Waals surface area (Å²) >= 11 is 5.42. The van der Waals surface area contributed by atoms with Gasteiger partial charge in [0.25, 0.3) is 0 Å². The molecule has 34 heavy (non-hydrogen) atoms. The van der Waals surface area contributed by atoms with Gasteiger partial charge in [-0.3, -0.25) is 0 Å². The van der Waals surface area contributed by atoms with E-state index in [1.807, 2.05) is 0 Å². The zero-order chi connectivity index (χ0) is 28.4. The molecule has 0 N–H and O–H groups in total. The number of alkyl halides is 19. The third kappa shape index (κ3) is 4.65. The highest BCUT2D eigenvalue weighted by atomic mass is 35.6. The van der Waals surface area contributed by atoms with E-state index in [0.717, 1.165) is 13.1 Å².